The lowest BCUT2D eigenvalue weighted by atomic mass is 10.1. The summed E-state index contributed by atoms with van der Waals surface area (Å²) in [5.41, 5.74) is 4.68. The van der Waals surface area contributed by atoms with Gasteiger partial charge in [0.1, 0.15) is 4.90 Å². The first kappa shape index (κ1) is 17.4. The zero-order valence-corrected chi connectivity index (χ0v) is 14.8. The zero-order valence-electron chi connectivity index (χ0n) is 14.0. The Hall–Kier alpha value is -1.92. The number of benzene rings is 1. The van der Waals surface area contributed by atoms with Crippen LogP contribution in [0.25, 0.3) is 6.08 Å². The lowest BCUT2D eigenvalue weighted by Crippen LogP contribution is -2.25. The molecule has 2 aromatic rings. The van der Waals surface area contributed by atoms with Crippen molar-refractivity contribution >= 4 is 16.1 Å². The summed E-state index contributed by atoms with van der Waals surface area (Å²) in [6.07, 6.45) is 4.61. The normalized spacial score (nSPS) is 12.2. The number of H-pyrrole nitrogens is 1. The highest BCUT2D eigenvalue weighted by Crippen LogP contribution is 2.16. The number of aromatic amines is 1. The zero-order chi connectivity index (χ0) is 17.0. The molecule has 0 saturated carbocycles. The molecule has 1 heterocycles. The van der Waals surface area contributed by atoms with Crippen LogP contribution in [0.4, 0.5) is 0 Å². The predicted octanol–water partition coefficient (Wildman–Crippen LogP) is 3.03. The number of hydrogen-bond acceptors (Lipinski definition) is 3. The lowest BCUT2D eigenvalue weighted by molar-refractivity contribution is 0.581. The number of hydrogen-bond donors (Lipinski definition) is 2. The summed E-state index contributed by atoms with van der Waals surface area (Å²) in [6.45, 7) is 7.90. The molecule has 0 amide bonds. The highest BCUT2D eigenvalue weighted by Gasteiger charge is 2.21. The Morgan fingerprint density at radius 2 is 1.91 bits per heavy atom. The van der Waals surface area contributed by atoms with Gasteiger partial charge in [0.25, 0.3) is 0 Å². The van der Waals surface area contributed by atoms with Gasteiger partial charge in [-0.05, 0) is 50.8 Å². The molecule has 0 fully saturated rings. The number of sulfonamides is 1. The molecule has 5 nitrogen and oxygen atoms in total. The summed E-state index contributed by atoms with van der Waals surface area (Å²) in [5, 5.41) is 6.62. The van der Waals surface area contributed by atoms with Crippen molar-refractivity contribution < 1.29 is 8.42 Å². The van der Waals surface area contributed by atoms with E-state index in [0.717, 1.165) is 5.56 Å². The first-order chi connectivity index (χ1) is 10.8. The number of nitrogens with one attached hydrogen (secondary N) is 2. The monoisotopic (exact) mass is 333 g/mol. The van der Waals surface area contributed by atoms with E-state index < -0.39 is 10.0 Å². The topological polar surface area (TPSA) is 74.8 Å². The molecule has 0 saturated heterocycles. The van der Waals surface area contributed by atoms with Gasteiger partial charge in [0, 0.05) is 6.54 Å². The molecule has 2 rings (SSSR count). The minimum absolute atomic E-state index is 0.246. The van der Waals surface area contributed by atoms with Crippen molar-refractivity contribution in [3.63, 3.8) is 0 Å². The fraction of sp³-hybridized carbons (Fsp3) is 0.353. The van der Waals surface area contributed by atoms with Crippen LogP contribution in [-0.2, 0) is 10.0 Å². The molecule has 2 N–H and O–H groups in total. The van der Waals surface area contributed by atoms with Gasteiger partial charge in [-0.3, -0.25) is 5.10 Å². The smallest absolute Gasteiger partial charge is 0.244 e. The Kier molecular flexibility index (Phi) is 5.38. The molecular formula is C17H23N3O2S. The third-order valence-corrected chi connectivity index (χ3v) is 5.50. The van der Waals surface area contributed by atoms with Gasteiger partial charge in [0.15, 0.2) is 0 Å². The predicted molar refractivity (Wildman–Crippen MR) is 92.8 cm³/mol. The second-order valence-electron chi connectivity index (χ2n) is 5.70. The average molecular weight is 333 g/mol. The van der Waals surface area contributed by atoms with Crippen LogP contribution in [0.5, 0.6) is 0 Å². The van der Waals surface area contributed by atoms with Crippen LogP contribution in [0, 0.1) is 27.7 Å². The molecule has 0 aliphatic rings. The Labute approximate surface area is 137 Å². The van der Waals surface area contributed by atoms with Crippen LogP contribution < -0.4 is 4.72 Å². The lowest BCUT2D eigenvalue weighted by Gasteiger charge is -2.05. The Bertz CT molecular complexity index is 801. The SMILES string of the molecule is Cc1ccc(/C=C/CCNS(=O)(=O)c2c(C)n[nH]c2C)cc1C. The van der Waals surface area contributed by atoms with Gasteiger partial charge < -0.3 is 0 Å². The highest BCUT2D eigenvalue weighted by atomic mass is 32.2. The summed E-state index contributed by atoms with van der Waals surface area (Å²) in [4.78, 5) is 0.246. The van der Waals surface area contributed by atoms with E-state index in [1.807, 2.05) is 12.2 Å². The van der Waals surface area contributed by atoms with Gasteiger partial charge in [-0.2, -0.15) is 5.10 Å². The summed E-state index contributed by atoms with van der Waals surface area (Å²) >= 11 is 0. The van der Waals surface area contributed by atoms with Crippen molar-refractivity contribution in [1.29, 1.82) is 0 Å². The van der Waals surface area contributed by atoms with Gasteiger partial charge in [0.05, 0.1) is 11.4 Å². The van der Waals surface area contributed by atoms with Crippen LogP contribution in [0.1, 0.15) is 34.5 Å². The molecule has 1 aromatic carbocycles. The summed E-state index contributed by atoms with van der Waals surface area (Å²) in [7, 11) is -3.51. The number of aryl methyl sites for hydroxylation is 4. The van der Waals surface area contributed by atoms with E-state index in [4.69, 9.17) is 0 Å². The third kappa shape index (κ3) is 4.30. The second kappa shape index (κ2) is 7.10. The minimum atomic E-state index is -3.51. The molecule has 6 heteroatoms. The van der Waals surface area contributed by atoms with Crippen LogP contribution >= 0.6 is 0 Å². The van der Waals surface area contributed by atoms with Gasteiger partial charge in [-0.15, -0.1) is 0 Å². The molecule has 0 radical (unpaired) electrons. The quantitative estimate of drug-likeness (QED) is 0.798. The van der Waals surface area contributed by atoms with E-state index in [1.54, 1.807) is 13.8 Å². The van der Waals surface area contributed by atoms with E-state index in [0.29, 0.717) is 24.4 Å². The van der Waals surface area contributed by atoms with Crippen LogP contribution in [0.2, 0.25) is 0 Å². The molecular weight excluding hydrogens is 310 g/mol. The third-order valence-electron chi connectivity index (χ3n) is 3.77. The molecule has 0 spiro atoms. The summed E-state index contributed by atoms with van der Waals surface area (Å²) in [6, 6.07) is 6.26. The van der Waals surface area contributed by atoms with Crippen LogP contribution in [-0.4, -0.2) is 25.2 Å². The van der Waals surface area contributed by atoms with Crippen molar-refractivity contribution in [2.24, 2.45) is 0 Å². The highest BCUT2D eigenvalue weighted by molar-refractivity contribution is 7.89. The maximum atomic E-state index is 12.3. The van der Waals surface area contributed by atoms with E-state index >= 15 is 0 Å². The van der Waals surface area contributed by atoms with Crippen molar-refractivity contribution in [3.05, 3.63) is 52.4 Å². The fourth-order valence-corrected chi connectivity index (χ4v) is 3.79. The van der Waals surface area contributed by atoms with Gasteiger partial charge in [0.2, 0.25) is 10.0 Å². The first-order valence-corrected chi connectivity index (χ1v) is 9.04. The summed E-state index contributed by atoms with van der Waals surface area (Å²) < 4.78 is 27.1. The molecule has 1 aromatic heterocycles. The van der Waals surface area contributed by atoms with Gasteiger partial charge in [-0.1, -0.05) is 30.4 Å². The van der Waals surface area contributed by atoms with Crippen molar-refractivity contribution in [2.75, 3.05) is 6.54 Å². The molecule has 0 atom stereocenters. The van der Waals surface area contributed by atoms with E-state index in [-0.39, 0.29) is 4.90 Å². The minimum Gasteiger partial charge on any atom is -0.281 e. The van der Waals surface area contributed by atoms with E-state index in [9.17, 15) is 8.42 Å². The van der Waals surface area contributed by atoms with Gasteiger partial charge >= 0.3 is 0 Å². The molecule has 0 aliphatic heterocycles. The Morgan fingerprint density at radius 1 is 1.17 bits per heavy atom. The first-order valence-electron chi connectivity index (χ1n) is 7.56. The summed E-state index contributed by atoms with van der Waals surface area (Å²) in [5.74, 6) is 0. The van der Waals surface area contributed by atoms with Gasteiger partial charge in [-0.25, -0.2) is 13.1 Å². The Morgan fingerprint density at radius 3 is 2.52 bits per heavy atom. The Balaban J connectivity index is 1.92. The second-order valence-corrected chi connectivity index (χ2v) is 7.40. The fourth-order valence-electron chi connectivity index (χ4n) is 2.37. The number of rotatable bonds is 6. The molecule has 0 unspecified atom stereocenters. The standard InChI is InChI=1S/C17H23N3O2S/c1-12-8-9-16(11-13(12)2)7-5-6-10-18-23(21,22)17-14(3)19-20-15(17)4/h5,7-9,11,18H,6,10H2,1-4H3,(H,19,20)/b7-5+. The largest absolute Gasteiger partial charge is 0.281 e. The van der Waals surface area contributed by atoms with Crippen molar-refractivity contribution in [2.45, 2.75) is 39.0 Å². The van der Waals surface area contributed by atoms with Crippen molar-refractivity contribution in [1.82, 2.24) is 14.9 Å². The maximum absolute atomic E-state index is 12.3. The van der Waals surface area contributed by atoms with E-state index in [1.165, 1.54) is 11.1 Å². The molecule has 124 valence electrons. The average Bonchev–Trinajstić information content (AvgIpc) is 2.82. The molecule has 0 bridgehead atoms. The molecule has 0 aliphatic carbocycles. The van der Waals surface area contributed by atoms with Crippen molar-refractivity contribution in [3.8, 4) is 0 Å². The maximum Gasteiger partial charge on any atom is 0.244 e. The van der Waals surface area contributed by atoms with Crippen LogP contribution in [0.3, 0.4) is 0 Å². The number of nitrogens with zero attached hydrogens (tertiary/aromatic N) is 1. The molecule has 23 heavy (non-hydrogen) atoms. The van der Waals surface area contributed by atoms with Crippen LogP contribution in [0.15, 0.2) is 29.2 Å². The van der Waals surface area contributed by atoms with E-state index in [2.05, 4.69) is 47.0 Å². The number of aromatic nitrogens is 2.